The van der Waals surface area contributed by atoms with E-state index in [9.17, 15) is 9.18 Å². The van der Waals surface area contributed by atoms with Crippen molar-refractivity contribution in [2.24, 2.45) is 0 Å². The molecule has 4 rings (SSSR count). The van der Waals surface area contributed by atoms with E-state index in [4.69, 9.17) is 0 Å². The predicted octanol–water partition coefficient (Wildman–Crippen LogP) is 4.38. The maximum atomic E-state index is 13.1. The van der Waals surface area contributed by atoms with Crippen LogP contribution in [0.15, 0.2) is 48.5 Å². The van der Waals surface area contributed by atoms with Crippen LogP contribution in [0.25, 0.3) is 0 Å². The molecule has 160 valence electrons. The van der Waals surface area contributed by atoms with E-state index in [-0.39, 0.29) is 11.8 Å². The number of amides is 2. The van der Waals surface area contributed by atoms with Crippen LogP contribution in [0.4, 0.5) is 20.6 Å². The van der Waals surface area contributed by atoms with Gasteiger partial charge >= 0.3 is 6.03 Å². The summed E-state index contributed by atoms with van der Waals surface area (Å²) < 4.78 is 13.1. The summed E-state index contributed by atoms with van der Waals surface area (Å²) in [5, 5.41) is 3.03. The van der Waals surface area contributed by atoms with Gasteiger partial charge in [0.2, 0.25) is 0 Å². The van der Waals surface area contributed by atoms with E-state index in [1.165, 1.54) is 24.2 Å². The van der Waals surface area contributed by atoms with Crippen LogP contribution in [0.1, 0.15) is 30.7 Å². The van der Waals surface area contributed by atoms with Crippen LogP contribution in [0, 0.1) is 5.82 Å². The van der Waals surface area contributed by atoms with Crippen LogP contribution in [-0.2, 0) is 0 Å². The number of nitrogens with one attached hydrogen (secondary N) is 1. The predicted molar refractivity (Wildman–Crippen MR) is 120 cm³/mol. The second-order valence-electron chi connectivity index (χ2n) is 8.64. The molecule has 1 N–H and O–H groups in total. The maximum absolute atomic E-state index is 13.1. The molecule has 2 amide bonds. The number of hydrogen-bond donors (Lipinski definition) is 1. The number of likely N-dealkylation sites (tertiary alicyclic amines) is 1. The fourth-order valence-electron chi connectivity index (χ4n) is 4.51. The minimum Gasteiger partial charge on any atom is -0.370 e. The van der Waals surface area contributed by atoms with Crippen molar-refractivity contribution < 1.29 is 9.18 Å². The van der Waals surface area contributed by atoms with Gasteiger partial charge in [-0.15, -0.1) is 0 Å². The molecule has 0 radical (unpaired) electrons. The van der Waals surface area contributed by atoms with E-state index in [1.54, 1.807) is 0 Å². The second kappa shape index (κ2) is 9.04. The Hall–Kier alpha value is -2.60. The zero-order valence-corrected chi connectivity index (χ0v) is 17.9. The average Bonchev–Trinajstić information content (AvgIpc) is 3.26. The van der Waals surface area contributed by atoms with E-state index < -0.39 is 0 Å². The number of hydrogen-bond acceptors (Lipinski definition) is 3. The van der Waals surface area contributed by atoms with Gasteiger partial charge in [0.15, 0.2) is 0 Å². The van der Waals surface area contributed by atoms with Gasteiger partial charge in [0.25, 0.3) is 0 Å². The summed E-state index contributed by atoms with van der Waals surface area (Å²) in [6.45, 7) is 3.54. The first-order valence-corrected chi connectivity index (χ1v) is 10.8. The lowest BCUT2D eigenvalue weighted by Crippen LogP contribution is -2.40. The lowest BCUT2D eigenvalue weighted by molar-refractivity contribution is 0.194. The molecule has 2 aliphatic heterocycles. The minimum atomic E-state index is -0.205. The number of benzene rings is 2. The van der Waals surface area contributed by atoms with E-state index in [0.717, 1.165) is 37.2 Å². The third-order valence-electron chi connectivity index (χ3n) is 6.50. The summed E-state index contributed by atoms with van der Waals surface area (Å²) in [7, 11) is 4.27. The van der Waals surface area contributed by atoms with Crippen LogP contribution in [0.5, 0.6) is 0 Å². The number of anilines is 2. The third-order valence-corrected chi connectivity index (χ3v) is 6.50. The Bertz CT molecular complexity index is 845. The van der Waals surface area contributed by atoms with Crippen LogP contribution in [-0.4, -0.2) is 62.1 Å². The molecule has 6 heteroatoms. The molecule has 2 aromatic carbocycles. The minimum absolute atomic E-state index is 0.0471. The highest BCUT2D eigenvalue weighted by atomic mass is 19.1. The molecule has 5 nitrogen and oxygen atoms in total. The van der Waals surface area contributed by atoms with Gasteiger partial charge in [-0.05, 0) is 81.2 Å². The van der Waals surface area contributed by atoms with Gasteiger partial charge in [-0.3, -0.25) is 0 Å². The normalized spacial score (nSPS) is 20.1. The molecule has 0 saturated carbocycles. The Balaban J connectivity index is 1.28. The summed E-state index contributed by atoms with van der Waals surface area (Å²) in [4.78, 5) is 19.2. The van der Waals surface area contributed by atoms with Crippen molar-refractivity contribution >= 4 is 17.4 Å². The molecule has 1 unspecified atom stereocenters. The zero-order valence-electron chi connectivity index (χ0n) is 17.9. The van der Waals surface area contributed by atoms with Crippen LogP contribution in [0.2, 0.25) is 0 Å². The molecule has 2 fully saturated rings. The molecule has 1 atom stereocenters. The Morgan fingerprint density at radius 2 is 1.63 bits per heavy atom. The van der Waals surface area contributed by atoms with Crippen molar-refractivity contribution in [2.45, 2.75) is 31.2 Å². The maximum Gasteiger partial charge on any atom is 0.321 e. The number of piperidine rings is 1. The number of carbonyl (C=O) groups excluding carboxylic acids is 1. The number of halogens is 1. The monoisotopic (exact) mass is 410 g/mol. The molecular weight excluding hydrogens is 379 g/mol. The van der Waals surface area contributed by atoms with Crippen molar-refractivity contribution in [1.82, 2.24) is 9.80 Å². The molecule has 2 saturated heterocycles. The molecule has 2 heterocycles. The van der Waals surface area contributed by atoms with Gasteiger partial charge in [0.05, 0.1) is 0 Å². The first-order valence-electron chi connectivity index (χ1n) is 10.8. The Morgan fingerprint density at radius 1 is 0.967 bits per heavy atom. The lowest BCUT2D eigenvalue weighted by atomic mass is 9.89. The van der Waals surface area contributed by atoms with E-state index in [2.05, 4.69) is 41.3 Å². The summed E-state index contributed by atoms with van der Waals surface area (Å²) in [5.74, 6) is 0.184. The molecule has 2 aliphatic rings. The number of nitrogens with zero attached hydrogens (tertiary/aromatic N) is 3. The van der Waals surface area contributed by atoms with E-state index in [1.807, 2.05) is 29.2 Å². The molecule has 0 spiro atoms. The summed E-state index contributed by atoms with van der Waals surface area (Å²) >= 11 is 0. The second-order valence-corrected chi connectivity index (χ2v) is 8.64. The fraction of sp³-hybridized carbons (Fsp3) is 0.458. The number of carbonyl (C=O) groups is 1. The Morgan fingerprint density at radius 3 is 2.23 bits per heavy atom. The summed E-state index contributed by atoms with van der Waals surface area (Å²) in [5.41, 5.74) is 3.19. The van der Waals surface area contributed by atoms with Crippen molar-refractivity contribution in [3.63, 3.8) is 0 Å². The topological polar surface area (TPSA) is 38.8 Å². The van der Waals surface area contributed by atoms with Crippen molar-refractivity contribution in [1.29, 1.82) is 0 Å². The SMILES string of the molecule is CN(C)C1CCN(c2ccc(NC(=O)N3CCC(c4ccc(F)cc4)CC3)cc2)C1. The van der Waals surface area contributed by atoms with Gasteiger partial charge in [0, 0.05) is 43.6 Å². The van der Waals surface area contributed by atoms with Crippen LogP contribution < -0.4 is 10.2 Å². The highest BCUT2D eigenvalue weighted by Crippen LogP contribution is 2.29. The van der Waals surface area contributed by atoms with Gasteiger partial charge in [-0.1, -0.05) is 12.1 Å². The number of rotatable bonds is 4. The average molecular weight is 411 g/mol. The van der Waals surface area contributed by atoms with Crippen molar-refractivity contribution in [3.05, 3.63) is 59.9 Å². The quantitative estimate of drug-likeness (QED) is 0.813. The Labute approximate surface area is 178 Å². The molecule has 2 aromatic rings. The molecule has 30 heavy (non-hydrogen) atoms. The molecule has 0 aliphatic carbocycles. The molecule has 0 bridgehead atoms. The van der Waals surface area contributed by atoms with Crippen molar-refractivity contribution in [2.75, 3.05) is 50.5 Å². The lowest BCUT2D eigenvalue weighted by Gasteiger charge is -2.32. The first-order chi connectivity index (χ1) is 14.5. The first kappa shape index (κ1) is 20.7. The number of urea groups is 1. The highest BCUT2D eigenvalue weighted by molar-refractivity contribution is 5.89. The van der Waals surface area contributed by atoms with E-state index in [0.29, 0.717) is 25.0 Å². The zero-order chi connectivity index (χ0) is 21.1. The Kier molecular flexibility index (Phi) is 6.23. The van der Waals surface area contributed by atoms with Gasteiger partial charge in [0.1, 0.15) is 5.82 Å². The van der Waals surface area contributed by atoms with Gasteiger partial charge < -0.3 is 20.0 Å². The largest absolute Gasteiger partial charge is 0.370 e. The fourth-order valence-corrected chi connectivity index (χ4v) is 4.51. The van der Waals surface area contributed by atoms with Gasteiger partial charge in [-0.2, -0.15) is 0 Å². The molecule has 0 aromatic heterocycles. The summed E-state index contributed by atoms with van der Waals surface area (Å²) in [6.07, 6.45) is 2.99. The van der Waals surface area contributed by atoms with E-state index >= 15 is 0 Å². The van der Waals surface area contributed by atoms with Gasteiger partial charge in [-0.25, -0.2) is 9.18 Å². The standard InChI is InChI=1S/C24H31FN4O/c1-27(2)23-13-16-29(17-23)22-9-7-21(8-10-22)26-24(30)28-14-11-19(12-15-28)18-3-5-20(25)6-4-18/h3-10,19,23H,11-17H2,1-2H3,(H,26,30). The third kappa shape index (κ3) is 4.75. The number of likely N-dealkylation sites (N-methyl/N-ethyl adjacent to an activating group) is 1. The van der Waals surface area contributed by atoms with Crippen molar-refractivity contribution in [3.8, 4) is 0 Å². The molecular formula is C24H31FN4O. The van der Waals surface area contributed by atoms with Crippen LogP contribution >= 0.6 is 0 Å². The highest BCUT2D eigenvalue weighted by Gasteiger charge is 2.25. The van der Waals surface area contributed by atoms with Crippen LogP contribution in [0.3, 0.4) is 0 Å². The smallest absolute Gasteiger partial charge is 0.321 e. The summed E-state index contributed by atoms with van der Waals surface area (Å²) in [6, 6.07) is 15.5.